The summed E-state index contributed by atoms with van der Waals surface area (Å²) in [6.45, 7) is 0. The summed E-state index contributed by atoms with van der Waals surface area (Å²) in [5.41, 5.74) is 1.43. The maximum atomic E-state index is 2.34. The molecule has 1 aliphatic carbocycles. The van der Waals surface area contributed by atoms with Crippen LogP contribution in [0.15, 0.2) is 45.3 Å². The van der Waals surface area contributed by atoms with Crippen LogP contribution in [0.2, 0.25) is 0 Å². The molecular weight excluding hydrogens is 135 g/mol. The Kier molecular flexibility index (Phi) is 1.63. The molecule has 0 bridgehead atoms. The SMILES string of the molecule is C1=[CH][Al][C]2=CCC=CC2=C1. The highest BCUT2D eigenvalue weighted by molar-refractivity contribution is 6.53. The minimum Gasteiger partial charge on any atom is -0.150 e. The van der Waals surface area contributed by atoms with Crippen LogP contribution in [0.4, 0.5) is 0 Å². The average molecular weight is 143 g/mol. The Labute approximate surface area is 67.3 Å². The molecule has 0 amide bonds. The molecule has 0 nitrogen and oxygen atoms in total. The topological polar surface area (TPSA) is 0 Å². The molecule has 1 heterocycles. The average Bonchev–Trinajstić information content (AvgIpc) is 2.05. The van der Waals surface area contributed by atoms with E-state index in [4.69, 9.17) is 0 Å². The molecule has 0 aromatic carbocycles. The predicted molar refractivity (Wildman–Crippen MR) is 44.8 cm³/mol. The van der Waals surface area contributed by atoms with E-state index in [-0.39, 0.29) is 0 Å². The molecular formula is C9H8Al. The van der Waals surface area contributed by atoms with Gasteiger partial charge in [-0.2, -0.15) is 0 Å². The Hall–Kier alpha value is -0.508. The van der Waals surface area contributed by atoms with Gasteiger partial charge in [-0.3, -0.25) is 0 Å². The molecule has 47 valence electrons. The lowest BCUT2D eigenvalue weighted by Gasteiger charge is -2.12. The normalized spacial score (nSPS) is 20.8. The van der Waals surface area contributed by atoms with Gasteiger partial charge in [-0.05, 0) is 12.0 Å². The Balaban J connectivity index is 2.39. The molecule has 0 saturated carbocycles. The second-order valence-electron chi connectivity index (χ2n) is 2.47. The first-order chi connectivity index (χ1) is 4.97. The number of rotatable bonds is 0. The zero-order valence-corrected chi connectivity index (χ0v) is 6.90. The van der Waals surface area contributed by atoms with Gasteiger partial charge in [0.15, 0.2) is 0 Å². The van der Waals surface area contributed by atoms with Crippen molar-refractivity contribution in [3.05, 3.63) is 45.3 Å². The summed E-state index contributed by atoms with van der Waals surface area (Å²) >= 11 is 0.434. The number of fused-ring (bicyclic) bond motifs is 1. The smallest absolute Gasteiger partial charge is 0.150 e. The summed E-state index contributed by atoms with van der Waals surface area (Å²) in [5.74, 6) is 0. The maximum absolute atomic E-state index is 2.34. The van der Waals surface area contributed by atoms with Gasteiger partial charge in [-0.15, -0.1) is 9.37 Å². The van der Waals surface area contributed by atoms with Crippen LogP contribution in [-0.4, -0.2) is 15.2 Å². The molecule has 0 unspecified atom stereocenters. The third kappa shape index (κ3) is 1.03. The maximum Gasteiger partial charge on any atom is 0.286 e. The lowest BCUT2D eigenvalue weighted by atomic mass is 10.1. The van der Waals surface area contributed by atoms with Gasteiger partial charge >= 0.3 is 0 Å². The monoisotopic (exact) mass is 143 g/mol. The number of hydrogen-bond acceptors (Lipinski definition) is 0. The van der Waals surface area contributed by atoms with Crippen LogP contribution in [0.3, 0.4) is 0 Å². The van der Waals surface area contributed by atoms with Crippen molar-refractivity contribution in [1.82, 2.24) is 0 Å². The minimum absolute atomic E-state index is 0.434. The molecule has 0 N–H and O–H groups in total. The third-order valence-electron chi connectivity index (χ3n) is 1.77. The van der Waals surface area contributed by atoms with Crippen LogP contribution in [0.1, 0.15) is 6.42 Å². The molecule has 0 aromatic rings. The van der Waals surface area contributed by atoms with E-state index in [1.807, 2.05) is 0 Å². The highest BCUT2D eigenvalue weighted by Crippen LogP contribution is 2.19. The van der Waals surface area contributed by atoms with Gasteiger partial charge in [-0.25, -0.2) is 0 Å². The summed E-state index contributed by atoms with van der Waals surface area (Å²) in [6, 6.07) is 0. The van der Waals surface area contributed by atoms with Crippen molar-refractivity contribution in [3.63, 3.8) is 0 Å². The minimum atomic E-state index is 0.434. The first-order valence-electron chi connectivity index (χ1n) is 3.55. The Morgan fingerprint density at radius 3 is 3.30 bits per heavy atom. The summed E-state index contributed by atoms with van der Waals surface area (Å²) in [4.78, 5) is 2.29. The van der Waals surface area contributed by atoms with Crippen molar-refractivity contribution < 1.29 is 0 Å². The van der Waals surface area contributed by atoms with Crippen molar-refractivity contribution in [2.75, 3.05) is 0 Å². The third-order valence-corrected chi connectivity index (χ3v) is 3.11. The summed E-state index contributed by atoms with van der Waals surface area (Å²) in [5, 5.41) is 0. The number of allylic oxidation sites excluding steroid dienone is 7. The van der Waals surface area contributed by atoms with E-state index in [0.29, 0.717) is 15.2 Å². The molecule has 10 heavy (non-hydrogen) atoms. The van der Waals surface area contributed by atoms with Crippen molar-refractivity contribution in [3.8, 4) is 0 Å². The second-order valence-corrected chi connectivity index (χ2v) is 3.81. The second kappa shape index (κ2) is 2.62. The van der Waals surface area contributed by atoms with E-state index < -0.39 is 0 Å². The lowest BCUT2D eigenvalue weighted by molar-refractivity contribution is 1.32. The molecule has 2 rings (SSSR count). The van der Waals surface area contributed by atoms with Gasteiger partial charge in [-0.1, -0.05) is 30.4 Å². The van der Waals surface area contributed by atoms with E-state index in [1.54, 1.807) is 4.44 Å². The summed E-state index contributed by atoms with van der Waals surface area (Å²) < 4.78 is 1.57. The summed E-state index contributed by atoms with van der Waals surface area (Å²) in [6.07, 6.45) is 12.3. The molecule has 2 aliphatic rings. The van der Waals surface area contributed by atoms with Gasteiger partial charge in [0.05, 0.1) is 0 Å². The molecule has 1 aliphatic heterocycles. The van der Waals surface area contributed by atoms with E-state index in [2.05, 4.69) is 35.3 Å². The van der Waals surface area contributed by atoms with Gasteiger partial charge in [0.1, 0.15) is 0 Å². The quantitative estimate of drug-likeness (QED) is 0.455. The molecule has 1 heteroatoms. The Morgan fingerprint density at radius 2 is 2.40 bits per heavy atom. The summed E-state index contributed by atoms with van der Waals surface area (Å²) in [7, 11) is 0. The highest BCUT2D eigenvalue weighted by atomic mass is 27.1. The molecule has 0 spiro atoms. The first-order valence-corrected chi connectivity index (χ1v) is 4.80. The predicted octanol–water partition coefficient (Wildman–Crippen LogP) is 1.99. The van der Waals surface area contributed by atoms with Gasteiger partial charge in [0, 0.05) is 0 Å². The molecule has 0 fully saturated rings. The lowest BCUT2D eigenvalue weighted by Crippen LogP contribution is -2.01. The fraction of sp³-hybridized carbons (Fsp3) is 0.111. The zero-order valence-electron chi connectivity index (χ0n) is 5.75. The fourth-order valence-corrected chi connectivity index (χ4v) is 2.33. The highest BCUT2D eigenvalue weighted by Gasteiger charge is 2.06. The molecule has 0 aromatic heterocycles. The van der Waals surface area contributed by atoms with Crippen molar-refractivity contribution in [2.24, 2.45) is 0 Å². The van der Waals surface area contributed by atoms with E-state index in [9.17, 15) is 0 Å². The molecule has 0 atom stereocenters. The van der Waals surface area contributed by atoms with Crippen molar-refractivity contribution in [1.29, 1.82) is 0 Å². The van der Waals surface area contributed by atoms with Crippen LogP contribution in [0.5, 0.6) is 0 Å². The van der Waals surface area contributed by atoms with Crippen molar-refractivity contribution in [2.45, 2.75) is 6.42 Å². The van der Waals surface area contributed by atoms with Gasteiger partial charge < -0.3 is 0 Å². The van der Waals surface area contributed by atoms with Crippen LogP contribution in [0.25, 0.3) is 0 Å². The molecule has 1 radical (unpaired) electrons. The van der Waals surface area contributed by atoms with Crippen molar-refractivity contribution >= 4 is 15.2 Å². The van der Waals surface area contributed by atoms with E-state index >= 15 is 0 Å². The van der Waals surface area contributed by atoms with Gasteiger partial charge in [0.25, 0.3) is 15.2 Å². The Morgan fingerprint density at radius 1 is 1.40 bits per heavy atom. The van der Waals surface area contributed by atoms with Crippen LogP contribution in [-0.2, 0) is 0 Å². The van der Waals surface area contributed by atoms with Crippen LogP contribution >= 0.6 is 0 Å². The van der Waals surface area contributed by atoms with Crippen LogP contribution < -0.4 is 0 Å². The van der Waals surface area contributed by atoms with E-state index in [1.165, 1.54) is 5.57 Å². The Bertz CT molecular complexity index is 254. The first kappa shape index (κ1) is 6.22. The number of hydrogen-bond donors (Lipinski definition) is 0. The standard InChI is InChI=1S/C9H8.Al/c1-2-6-9-7-4-3-5-8-9;/h1-2,4-7H,3H2;. The van der Waals surface area contributed by atoms with Gasteiger partial charge in [0.2, 0.25) is 0 Å². The zero-order chi connectivity index (χ0) is 6.81. The van der Waals surface area contributed by atoms with E-state index in [0.717, 1.165) is 6.42 Å². The van der Waals surface area contributed by atoms with Crippen LogP contribution in [0, 0.1) is 0 Å². The fourth-order valence-electron chi connectivity index (χ4n) is 1.24. The largest absolute Gasteiger partial charge is 0.286 e. The molecule has 0 saturated heterocycles.